The monoisotopic (exact) mass is 340 g/mol. The zero-order valence-electron chi connectivity index (χ0n) is 12.9. The molecule has 1 N–H and O–H groups in total. The molecular weight excluding hydrogens is 323 g/mol. The third-order valence-electron chi connectivity index (χ3n) is 3.65. The first-order valence-electron chi connectivity index (χ1n) is 7.04. The Hall–Kier alpha value is -1.52. The van der Waals surface area contributed by atoms with Crippen LogP contribution in [-0.2, 0) is 0 Å². The lowest BCUT2D eigenvalue weighted by Crippen LogP contribution is -2.36. The molecule has 1 atom stereocenters. The van der Waals surface area contributed by atoms with E-state index < -0.39 is 0 Å². The molecule has 22 heavy (non-hydrogen) atoms. The largest absolute Gasteiger partial charge is 0.360 e. The number of aromatic nitrogens is 1. The summed E-state index contributed by atoms with van der Waals surface area (Å²) in [6.07, 6.45) is 0. The van der Waals surface area contributed by atoms with Crippen LogP contribution in [0.15, 0.2) is 22.7 Å². The molecule has 0 fully saturated rings. The van der Waals surface area contributed by atoms with Gasteiger partial charge in [0.1, 0.15) is 17.0 Å². The van der Waals surface area contributed by atoms with Crippen molar-refractivity contribution in [3.8, 4) is 11.3 Å². The van der Waals surface area contributed by atoms with E-state index >= 15 is 0 Å². The number of aryl methyl sites for hydroxylation is 1. The number of benzene rings is 1. The van der Waals surface area contributed by atoms with Gasteiger partial charge in [-0.3, -0.25) is 4.79 Å². The lowest BCUT2D eigenvalue weighted by atomic mass is 10.0. The van der Waals surface area contributed by atoms with Crippen molar-refractivity contribution in [1.82, 2.24) is 10.5 Å². The zero-order chi connectivity index (χ0) is 16.4. The molecule has 0 radical (unpaired) electrons. The Morgan fingerprint density at radius 2 is 1.82 bits per heavy atom. The molecule has 0 saturated carbocycles. The molecule has 4 nitrogen and oxygen atoms in total. The summed E-state index contributed by atoms with van der Waals surface area (Å²) in [5.41, 5.74) is 1.23. The Balaban J connectivity index is 2.47. The first kappa shape index (κ1) is 16.8. The van der Waals surface area contributed by atoms with Crippen LogP contribution in [0.3, 0.4) is 0 Å². The molecule has 0 aliphatic heterocycles. The molecule has 0 saturated heterocycles. The van der Waals surface area contributed by atoms with E-state index in [0.717, 1.165) is 0 Å². The van der Waals surface area contributed by atoms with E-state index in [1.165, 1.54) is 0 Å². The Kier molecular flexibility index (Phi) is 5.14. The number of nitrogens with one attached hydrogen (secondary N) is 1. The van der Waals surface area contributed by atoms with Crippen molar-refractivity contribution >= 4 is 29.1 Å². The Bertz CT molecular complexity index is 675. The van der Waals surface area contributed by atoms with Gasteiger partial charge in [-0.25, -0.2) is 0 Å². The van der Waals surface area contributed by atoms with Crippen molar-refractivity contribution in [3.05, 3.63) is 39.6 Å². The van der Waals surface area contributed by atoms with Crippen molar-refractivity contribution in [1.29, 1.82) is 0 Å². The second kappa shape index (κ2) is 6.71. The number of hydrogen-bond acceptors (Lipinski definition) is 3. The average molecular weight is 341 g/mol. The maximum absolute atomic E-state index is 12.6. The molecule has 2 aromatic rings. The SMILES string of the molecule is Cc1onc(-c2c(Cl)cccc2Cl)c1C(=O)NC(C)C(C)C. The number of nitrogens with zero attached hydrogens (tertiary/aromatic N) is 1. The first-order valence-corrected chi connectivity index (χ1v) is 7.80. The highest BCUT2D eigenvalue weighted by atomic mass is 35.5. The van der Waals surface area contributed by atoms with Crippen molar-refractivity contribution in [2.75, 3.05) is 0 Å². The minimum atomic E-state index is -0.245. The van der Waals surface area contributed by atoms with E-state index in [1.54, 1.807) is 25.1 Å². The molecule has 1 heterocycles. The van der Waals surface area contributed by atoms with Gasteiger partial charge >= 0.3 is 0 Å². The predicted octanol–water partition coefficient (Wildman–Crippen LogP) is 4.73. The number of hydrogen-bond donors (Lipinski definition) is 1. The van der Waals surface area contributed by atoms with Crippen molar-refractivity contribution in [2.24, 2.45) is 5.92 Å². The highest BCUT2D eigenvalue weighted by molar-refractivity contribution is 6.39. The maximum atomic E-state index is 12.6. The number of carbonyl (C=O) groups excluding carboxylic acids is 1. The molecule has 2 rings (SSSR count). The summed E-state index contributed by atoms with van der Waals surface area (Å²) < 4.78 is 5.20. The van der Waals surface area contributed by atoms with Gasteiger partial charge in [0.25, 0.3) is 5.91 Å². The normalized spacial score (nSPS) is 12.5. The molecule has 0 aliphatic carbocycles. The van der Waals surface area contributed by atoms with Crippen LogP contribution < -0.4 is 5.32 Å². The van der Waals surface area contributed by atoms with Gasteiger partial charge in [0.05, 0.1) is 10.0 Å². The molecule has 0 spiro atoms. The fraction of sp³-hybridized carbons (Fsp3) is 0.375. The van der Waals surface area contributed by atoms with Gasteiger partial charge in [0.2, 0.25) is 0 Å². The second-order valence-corrected chi connectivity index (χ2v) is 6.38. The number of amides is 1. The van der Waals surface area contributed by atoms with Gasteiger partial charge in [-0.15, -0.1) is 0 Å². The third-order valence-corrected chi connectivity index (χ3v) is 4.28. The molecule has 1 amide bonds. The zero-order valence-corrected chi connectivity index (χ0v) is 14.4. The molecule has 0 aliphatic rings. The topological polar surface area (TPSA) is 55.1 Å². The standard InChI is InChI=1S/C16H18Cl2N2O2/c1-8(2)9(3)19-16(21)13-10(4)22-20-15(13)14-11(17)6-5-7-12(14)18/h5-9H,1-4H3,(H,19,21). The quantitative estimate of drug-likeness (QED) is 0.875. The summed E-state index contributed by atoms with van der Waals surface area (Å²) in [5.74, 6) is 0.502. The van der Waals surface area contributed by atoms with E-state index in [4.69, 9.17) is 27.7 Å². The average Bonchev–Trinajstić information content (AvgIpc) is 2.80. The van der Waals surface area contributed by atoms with E-state index in [2.05, 4.69) is 10.5 Å². The van der Waals surface area contributed by atoms with Crippen molar-refractivity contribution < 1.29 is 9.32 Å². The molecule has 6 heteroatoms. The van der Waals surface area contributed by atoms with Crippen LogP contribution in [0.4, 0.5) is 0 Å². The summed E-state index contributed by atoms with van der Waals surface area (Å²) in [4.78, 5) is 12.6. The lowest BCUT2D eigenvalue weighted by Gasteiger charge is -2.17. The highest BCUT2D eigenvalue weighted by Crippen LogP contribution is 2.36. The van der Waals surface area contributed by atoms with E-state index in [-0.39, 0.29) is 11.9 Å². The summed E-state index contributed by atoms with van der Waals surface area (Å²) in [7, 11) is 0. The maximum Gasteiger partial charge on any atom is 0.257 e. The summed E-state index contributed by atoms with van der Waals surface area (Å²) in [6, 6.07) is 5.16. The highest BCUT2D eigenvalue weighted by Gasteiger charge is 2.25. The molecule has 1 unspecified atom stereocenters. The van der Waals surface area contributed by atoms with Crippen LogP contribution >= 0.6 is 23.2 Å². The molecule has 118 valence electrons. The number of carbonyl (C=O) groups is 1. The van der Waals surface area contributed by atoms with E-state index in [9.17, 15) is 4.79 Å². The predicted molar refractivity (Wildman–Crippen MR) is 88.5 cm³/mol. The third kappa shape index (κ3) is 3.28. The van der Waals surface area contributed by atoms with E-state index in [1.807, 2.05) is 20.8 Å². The van der Waals surface area contributed by atoms with E-state index in [0.29, 0.717) is 38.5 Å². The Morgan fingerprint density at radius 1 is 1.23 bits per heavy atom. The van der Waals surface area contributed by atoms with Gasteiger partial charge in [-0.2, -0.15) is 0 Å². The second-order valence-electron chi connectivity index (χ2n) is 5.57. The summed E-state index contributed by atoms with van der Waals surface area (Å²) in [6.45, 7) is 7.72. The van der Waals surface area contributed by atoms with Crippen LogP contribution in [0, 0.1) is 12.8 Å². The molecule has 1 aromatic carbocycles. The Labute approximate surface area is 139 Å². The van der Waals surface area contributed by atoms with Crippen molar-refractivity contribution in [3.63, 3.8) is 0 Å². The van der Waals surface area contributed by atoms with Crippen LogP contribution in [0.5, 0.6) is 0 Å². The number of halogens is 2. The number of rotatable bonds is 4. The molecule has 1 aromatic heterocycles. The van der Waals surface area contributed by atoms with Gasteiger partial charge in [-0.05, 0) is 31.9 Å². The van der Waals surface area contributed by atoms with Gasteiger partial charge in [0, 0.05) is 11.6 Å². The minimum absolute atomic E-state index is 0.0244. The minimum Gasteiger partial charge on any atom is -0.360 e. The van der Waals surface area contributed by atoms with Gasteiger partial charge < -0.3 is 9.84 Å². The summed E-state index contributed by atoms with van der Waals surface area (Å²) >= 11 is 12.4. The Morgan fingerprint density at radius 3 is 2.36 bits per heavy atom. The first-order chi connectivity index (χ1) is 10.3. The van der Waals surface area contributed by atoms with Gasteiger partial charge in [-0.1, -0.05) is 48.3 Å². The molecule has 0 bridgehead atoms. The van der Waals surface area contributed by atoms with Crippen molar-refractivity contribution in [2.45, 2.75) is 33.7 Å². The smallest absolute Gasteiger partial charge is 0.257 e. The molecular formula is C16H18Cl2N2O2. The van der Waals surface area contributed by atoms with Crippen LogP contribution in [0.25, 0.3) is 11.3 Å². The van der Waals surface area contributed by atoms with Crippen LogP contribution in [0.1, 0.15) is 36.9 Å². The fourth-order valence-electron chi connectivity index (χ4n) is 1.98. The fourth-order valence-corrected chi connectivity index (χ4v) is 2.56. The van der Waals surface area contributed by atoms with Gasteiger partial charge in [0.15, 0.2) is 0 Å². The van der Waals surface area contributed by atoms with Crippen LogP contribution in [0.2, 0.25) is 10.0 Å². The lowest BCUT2D eigenvalue weighted by molar-refractivity contribution is 0.0929. The van der Waals surface area contributed by atoms with Crippen LogP contribution in [-0.4, -0.2) is 17.1 Å². The summed E-state index contributed by atoms with van der Waals surface area (Å²) in [5, 5.41) is 7.77.